The fourth-order valence-electron chi connectivity index (χ4n) is 1.85. The van der Waals surface area contributed by atoms with Gasteiger partial charge in [-0.05, 0) is 18.5 Å². The van der Waals surface area contributed by atoms with E-state index in [1.54, 1.807) is 24.3 Å². The van der Waals surface area contributed by atoms with Crippen LogP contribution in [0.5, 0.6) is 0 Å². The van der Waals surface area contributed by atoms with Crippen LogP contribution in [0.25, 0.3) is 0 Å². The average Bonchev–Trinajstić information content (AvgIpc) is 2.45. The molecular weight excluding hydrogens is 284 g/mol. The van der Waals surface area contributed by atoms with Crippen molar-refractivity contribution in [1.82, 2.24) is 0 Å². The lowest BCUT2D eigenvalue weighted by Crippen LogP contribution is -2.33. The second-order valence-electron chi connectivity index (χ2n) is 4.34. The van der Waals surface area contributed by atoms with Gasteiger partial charge in [-0.2, -0.15) is 13.2 Å². The van der Waals surface area contributed by atoms with Gasteiger partial charge in [-0.3, -0.25) is 0 Å². The minimum Gasteiger partial charge on any atom is -0.383 e. The summed E-state index contributed by atoms with van der Waals surface area (Å²) in [6, 6.07) is 18.1. The largest absolute Gasteiger partial charge is 0.414 e. The smallest absolute Gasteiger partial charge is 0.383 e. The molecule has 0 aliphatic rings. The van der Waals surface area contributed by atoms with Crippen LogP contribution in [-0.2, 0) is 0 Å². The molecule has 1 unspecified atom stereocenters. The molecule has 1 atom stereocenters. The van der Waals surface area contributed by atoms with Crippen molar-refractivity contribution in [3.63, 3.8) is 0 Å². The molecule has 0 aromatic heterocycles. The number of alkyl halides is 3. The summed E-state index contributed by atoms with van der Waals surface area (Å²) in [5.74, 6) is 0. The zero-order chi connectivity index (χ0) is 14.6. The summed E-state index contributed by atoms with van der Waals surface area (Å²) < 4.78 is 37.8. The fourth-order valence-corrected chi connectivity index (χ4v) is 4.19. The highest BCUT2D eigenvalue weighted by Gasteiger charge is 2.39. The summed E-state index contributed by atoms with van der Waals surface area (Å²) in [7, 11) is -1.22. The van der Waals surface area contributed by atoms with Crippen molar-refractivity contribution in [3.8, 4) is 0 Å². The SMILES string of the molecule is OC(CP(c1ccccc1)c1ccccc1)C(F)(F)F. The van der Waals surface area contributed by atoms with Gasteiger partial charge in [0.2, 0.25) is 0 Å². The highest BCUT2D eigenvalue weighted by atomic mass is 31.1. The summed E-state index contributed by atoms with van der Waals surface area (Å²) in [6.45, 7) is 0. The predicted molar refractivity (Wildman–Crippen MR) is 76.0 cm³/mol. The van der Waals surface area contributed by atoms with Crippen LogP contribution in [0.2, 0.25) is 0 Å². The second kappa shape index (κ2) is 6.38. The van der Waals surface area contributed by atoms with Crippen LogP contribution >= 0.6 is 7.92 Å². The minimum absolute atomic E-state index is 0.313. The summed E-state index contributed by atoms with van der Waals surface area (Å²) >= 11 is 0. The third-order valence-corrected chi connectivity index (χ3v) is 5.42. The summed E-state index contributed by atoms with van der Waals surface area (Å²) in [4.78, 5) is 0. The molecule has 0 fully saturated rings. The van der Waals surface area contributed by atoms with E-state index in [1.165, 1.54) is 0 Å². The molecule has 0 saturated heterocycles. The number of halogens is 3. The van der Waals surface area contributed by atoms with Crippen LogP contribution < -0.4 is 10.6 Å². The van der Waals surface area contributed by atoms with Crippen molar-refractivity contribution < 1.29 is 18.3 Å². The molecule has 0 aliphatic carbocycles. The Morgan fingerprint density at radius 3 is 1.60 bits per heavy atom. The number of hydrogen-bond acceptors (Lipinski definition) is 1. The zero-order valence-corrected chi connectivity index (χ0v) is 11.5. The molecule has 0 radical (unpaired) electrons. The first-order valence-electron chi connectivity index (χ1n) is 6.11. The van der Waals surface area contributed by atoms with Gasteiger partial charge in [-0.25, -0.2) is 0 Å². The Bertz CT molecular complexity index is 488. The summed E-state index contributed by atoms with van der Waals surface area (Å²) in [6.07, 6.45) is -7.19. The molecule has 0 aliphatic heterocycles. The normalized spacial score (nSPS) is 13.4. The first kappa shape index (κ1) is 15.0. The summed E-state index contributed by atoms with van der Waals surface area (Å²) in [5.41, 5.74) is 0. The van der Waals surface area contributed by atoms with E-state index < -0.39 is 20.2 Å². The van der Waals surface area contributed by atoms with E-state index in [-0.39, 0.29) is 6.16 Å². The molecule has 2 aromatic carbocycles. The molecule has 0 saturated carbocycles. The lowest BCUT2D eigenvalue weighted by Gasteiger charge is -2.23. The first-order chi connectivity index (χ1) is 9.48. The van der Waals surface area contributed by atoms with Gasteiger partial charge in [-0.15, -0.1) is 0 Å². The molecule has 5 heteroatoms. The maximum Gasteiger partial charge on any atom is 0.414 e. The quantitative estimate of drug-likeness (QED) is 0.860. The van der Waals surface area contributed by atoms with E-state index in [9.17, 15) is 18.3 Å². The second-order valence-corrected chi connectivity index (χ2v) is 6.59. The van der Waals surface area contributed by atoms with Gasteiger partial charge in [-0.1, -0.05) is 60.7 Å². The molecule has 0 amide bonds. The van der Waals surface area contributed by atoms with E-state index >= 15 is 0 Å². The number of hydrogen-bond donors (Lipinski definition) is 1. The summed E-state index contributed by atoms with van der Waals surface area (Å²) in [5, 5.41) is 11.0. The number of aliphatic hydroxyl groups excluding tert-OH is 1. The standard InChI is InChI=1S/C15H14F3OP/c16-15(17,18)14(19)11-20(12-7-3-1-4-8-12)13-9-5-2-6-10-13/h1-10,14,19H,11H2. The van der Waals surface area contributed by atoms with Crippen LogP contribution in [0.1, 0.15) is 0 Å². The first-order valence-corrected chi connectivity index (χ1v) is 7.63. The zero-order valence-electron chi connectivity index (χ0n) is 10.6. The molecule has 1 nitrogen and oxygen atoms in total. The van der Waals surface area contributed by atoms with Crippen LogP contribution in [0, 0.1) is 0 Å². The van der Waals surface area contributed by atoms with E-state index in [0.717, 1.165) is 10.6 Å². The van der Waals surface area contributed by atoms with Crippen LogP contribution in [0.4, 0.5) is 13.2 Å². The lowest BCUT2D eigenvalue weighted by atomic mass is 10.4. The lowest BCUT2D eigenvalue weighted by molar-refractivity contribution is -0.196. The van der Waals surface area contributed by atoms with Gasteiger partial charge in [0.15, 0.2) is 6.10 Å². The van der Waals surface area contributed by atoms with E-state index in [2.05, 4.69) is 0 Å². The molecule has 1 N–H and O–H groups in total. The Hall–Kier alpha value is -1.38. The molecule has 2 aromatic rings. The van der Waals surface area contributed by atoms with Crippen molar-refractivity contribution in [2.45, 2.75) is 12.3 Å². The van der Waals surface area contributed by atoms with Gasteiger partial charge in [0.25, 0.3) is 0 Å². The average molecular weight is 298 g/mol. The molecular formula is C15H14F3OP. The van der Waals surface area contributed by atoms with Gasteiger partial charge >= 0.3 is 6.18 Å². The molecule has 2 rings (SSSR count). The van der Waals surface area contributed by atoms with Gasteiger partial charge < -0.3 is 5.11 Å². The van der Waals surface area contributed by atoms with Crippen molar-refractivity contribution in [3.05, 3.63) is 60.7 Å². The Balaban J connectivity index is 2.31. The molecule has 0 heterocycles. The Kier molecular flexibility index (Phi) is 4.79. The molecule has 0 spiro atoms. The Labute approximate surface area is 116 Å². The Morgan fingerprint density at radius 1 is 0.850 bits per heavy atom. The highest BCUT2D eigenvalue weighted by molar-refractivity contribution is 7.73. The molecule has 106 valence electrons. The third-order valence-electron chi connectivity index (χ3n) is 2.87. The van der Waals surface area contributed by atoms with Crippen molar-refractivity contribution in [2.24, 2.45) is 0 Å². The fraction of sp³-hybridized carbons (Fsp3) is 0.200. The van der Waals surface area contributed by atoms with Gasteiger partial charge in [0, 0.05) is 6.16 Å². The van der Waals surface area contributed by atoms with Crippen LogP contribution in [0.3, 0.4) is 0 Å². The van der Waals surface area contributed by atoms with E-state index in [0.29, 0.717) is 0 Å². The number of aliphatic hydroxyl groups is 1. The van der Waals surface area contributed by atoms with Crippen molar-refractivity contribution in [1.29, 1.82) is 0 Å². The molecule has 20 heavy (non-hydrogen) atoms. The maximum atomic E-state index is 12.6. The van der Waals surface area contributed by atoms with E-state index in [4.69, 9.17) is 0 Å². The third kappa shape index (κ3) is 3.81. The topological polar surface area (TPSA) is 20.2 Å². The van der Waals surface area contributed by atoms with Crippen LogP contribution in [0.15, 0.2) is 60.7 Å². The number of benzene rings is 2. The Morgan fingerprint density at radius 2 is 1.25 bits per heavy atom. The van der Waals surface area contributed by atoms with Gasteiger partial charge in [0.05, 0.1) is 0 Å². The molecule has 0 bridgehead atoms. The minimum atomic E-state index is -4.58. The van der Waals surface area contributed by atoms with Crippen LogP contribution in [-0.4, -0.2) is 23.5 Å². The van der Waals surface area contributed by atoms with Crippen molar-refractivity contribution in [2.75, 3.05) is 6.16 Å². The predicted octanol–water partition coefficient (Wildman–Crippen LogP) is 3.04. The highest BCUT2D eigenvalue weighted by Crippen LogP contribution is 2.37. The van der Waals surface area contributed by atoms with Crippen molar-refractivity contribution >= 4 is 18.5 Å². The maximum absolute atomic E-state index is 12.6. The van der Waals surface area contributed by atoms with Gasteiger partial charge in [0.1, 0.15) is 0 Å². The monoisotopic (exact) mass is 298 g/mol. The number of rotatable bonds is 4. The van der Waals surface area contributed by atoms with E-state index in [1.807, 2.05) is 36.4 Å².